The highest BCUT2D eigenvalue weighted by atomic mass is 19.1. The highest BCUT2D eigenvalue weighted by Gasteiger charge is 2.10. The molecular formula is C18H16FN5O2. The van der Waals surface area contributed by atoms with Gasteiger partial charge >= 0.3 is 6.03 Å². The monoisotopic (exact) mass is 353 g/mol. The molecule has 3 aromatic rings. The van der Waals surface area contributed by atoms with Gasteiger partial charge in [0.05, 0.1) is 6.21 Å². The van der Waals surface area contributed by atoms with Gasteiger partial charge in [-0.2, -0.15) is 5.10 Å². The second-order valence-corrected chi connectivity index (χ2v) is 5.52. The molecule has 1 heterocycles. The molecule has 7 nitrogen and oxygen atoms in total. The molecule has 0 saturated carbocycles. The number of anilines is 1. The Hall–Kier alpha value is -3.68. The fraction of sp³-hybridized carbons (Fsp3) is 0.0556. The van der Waals surface area contributed by atoms with Crippen molar-refractivity contribution in [2.45, 2.75) is 6.54 Å². The van der Waals surface area contributed by atoms with Crippen molar-refractivity contribution in [1.29, 1.82) is 0 Å². The molecule has 3 rings (SSSR count). The number of amides is 3. The van der Waals surface area contributed by atoms with Crippen molar-refractivity contribution in [2.24, 2.45) is 10.8 Å². The first-order chi connectivity index (χ1) is 12.5. The molecule has 2 aromatic carbocycles. The molecule has 0 fully saturated rings. The minimum absolute atomic E-state index is 0.0645. The molecule has 4 N–H and O–H groups in total. The van der Waals surface area contributed by atoms with Crippen LogP contribution in [0.2, 0.25) is 0 Å². The molecule has 0 aliphatic carbocycles. The molecule has 0 spiro atoms. The van der Waals surface area contributed by atoms with Crippen molar-refractivity contribution in [3.8, 4) is 0 Å². The third kappa shape index (κ3) is 4.04. The number of carbonyl (C=O) groups excluding carboxylic acids is 2. The summed E-state index contributed by atoms with van der Waals surface area (Å²) in [5.74, 6) is -0.621. The van der Waals surface area contributed by atoms with Crippen LogP contribution in [0.5, 0.6) is 0 Å². The van der Waals surface area contributed by atoms with E-state index >= 15 is 0 Å². The van der Waals surface area contributed by atoms with Crippen LogP contribution in [0.1, 0.15) is 5.56 Å². The molecule has 0 aliphatic heterocycles. The summed E-state index contributed by atoms with van der Waals surface area (Å²) in [4.78, 5) is 23.0. The van der Waals surface area contributed by atoms with E-state index in [0.29, 0.717) is 5.69 Å². The van der Waals surface area contributed by atoms with Crippen molar-refractivity contribution >= 4 is 34.7 Å². The highest BCUT2D eigenvalue weighted by Crippen LogP contribution is 2.20. The molecule has 0 radical (unpaired) electrons. The number of primary amides is 1. The largest absolute Gasteiger partial charge is 0.350 e. The number of para-hydroxylation sites is 1. The summed E-state index contributed by atoms with van der Waals surface area (Å²) in [7, 11) is 0. The number of nitrogens with one attached hydrogen (secondary N) is 2. The summed E-state index contributed by atoms with van der Waals surface area (Å²) in [5.41, 5.74) is 9.19. The molecular weight excluding hydrogens is 337 g/mol. The number of fused-ring (bicyclic) bond motifs is 1. The van der Waals surface area contributed by atoms with E-state index < -0.39 is 6.03 Å². The Morgan fingerprint density at radius 2 is 1.88 bits per heavy atom. The predicted octanol–water partition coefficient (Wildman–Crippen LogP) is 2.42. The second kappa shape index (κ2) is 7.47. The van der Waals surface area contributed by atoms with Crippen LogP contribution in [0, 0.1) is 5.82 Å². The number of halogens is 1. The minimum atomic E-state index is -0.760. The molecule has 3 amide bonds. The lowest BCUT2D eigenvalue weighted by molar-refractivity contribution is -0.116. The maximum atomic E-state index is 12.9. The second-order valence-electron chi connectivity index (χ2n) is 5.52. The average Bonchev–Trinajstić information content (AvgIpc) is 2.95. The van der Waals surface area contributed by atoms with Crippen molar-refractivity contribution in [3.05, 3.63) is 66.1 Å². The average molecular weight is 353 g/mol. The summed E-state index contributed by atoms with van der Waals surface area (Å²) >= 11 is 0. The van der Waals surface area contributed by atoms with Gasteiger partial charge in [-0.25, -0.2) is 14.6 Å². The lowest BCUT2D eigenvalue weighted by atomic mass is 10.2. The smallest absolute Gasteiger partial charge is 0.332 e. The van der Waals surface area contributed by atoms with E-state index in [1.165, 1.54) is 30.5 Å². The number of hydrogen-bond donors (Lipinski definition) is 3. The molecule has 0 aliphatic rings. The molecule has 8 heteroatoms. The van der Waals surface area contributed by atoms with Crippen LogP contribution in [0.25, 0.3) is 10.9 Å². The summed E-state index contributed by atoms with van der Waals surface area (Å²) in [6.07, 6.45) is 3.21. The maximum absolute atomic E-state index is 12.9. The first-order valence-electron chi connectivity index (χ1n) is 7.75. The van der Waals surface area contributed by atoms with Gasteiger partial charge in [-0.05, 0) is 30.3 Å². The fourth-order valence-electron chi connectivity index (χ4n) is 2.56. The van der Waals surface area contributed by atoms with Gasteiger partial charge in [0.2, 0.25) is 5.91 Å². The van der Waals surface area contributed by atoms with Crippen molar-refractivity contribution in [1.82, 2.24) is 9.99 Å². The van der Waals surface area contributed by atoms with Gasteiger partial charge in [0.1, 0.15) is 12.4 Å². The number of aromatic nitrogens is 1. The van der Waals surface area contributed by atoms with E-state index in [9.17, 15) is 14.0 Å². The van der Waals surface area contributed by atoms with E-state index in [1.54, 1.807) is 10.8 Å². The van der Waals surface area contributed by atoms with Crippen molar-refractivity contribution in [2.75, 3.05) is 5.32 Å². The summed E-state index contributed by atoms with van der Waals surface area (Å²) in [6.45, 7) is 0.0645. The Labute approximate surface area is 148 Å². The summed E-state index contributed by atoms with van der Waals surface area (Å²) in [6, 6.07) is 12.3. The van der Waals surface area contributed by atoms with E-state index in [0.717, 1.165) is 16.5 Å². The molecule has 0 bridgehead atoms. The Morgan fingerprint density at radius 1 is 1.15 bits per heavy atom. The van der Waals surface area contributed by atoms with Crippen LogP contribution in [0.15, 0.2) is 59.8 Å². The number of nitrogens with zero attached hydrogens (tertiary/aromatic N) is 2. The number of hydrazone groups is 1. The fourth-order valence-corrected chi connectivity index (χ4v) is 2.56. The highest BCUT2D eigenvalue weighted by molar-refractivity contribution is 6.00. The van der Waals surface area contributed by atoms with Crippen LogP contribution in [0.3, 0.4) is 0 Å². The van der Waals surface area contributed by atoms with Gasteiger partial charge < -0.3 is 15.6 Å². The lowest BCUT2D eigenvalue weighted by Gasteiger charge is -2.07. The van der Waals surface area contributed by atoms with Crippen molar-refractivity contribution < 1.29 is 14.0 Å². The Bertz CT molecular complexity index is 979. The zero-order valence-corrected chi connectivity index (χ0v) is 13.6. The molecule has 132 valence electrons. The molecule has 0 unspecified atom stereocenters. The number of hydrogen-bond acceptors (Lipinski definition) is 3. The van der Waals surface area contributed by atoms with Gasteiger partial charge in [-0.3, -0.25) is 4.79 Å². The number of nitrogens with two attached hydrogens (primary N) is 1. The number of benzene rings is 2. The zero-order valence-electron chi connectivity index (χ0n) is 13.6. The lowest BCUT2D eigenvalue weighted by Crippen LogP contribution is -2.24. The number of rotatable bonds is 5. The van der Waals surface area contributed by atoms with Gasteiger partial charge in [0.25, 0.3) is 0 Å². The maximum Gasteiger partial charge on any atom is 0.332 e. The van der Waals surface area contributed by atoms with Crippen LogP contribution >= 0.6 is 0 Å². The molecule has 0 saturated heterocycles. The van der Waals surface area contributed by atoms with Gasteiger partial charge in [-0.1, -0.05) is 18.2 Å². The Morgan fingerprint density at radius 3 is 2.62 bits per heavy atom. The van der Waals surface area contributed by atoms with Crippen LogP contribution in [0.4, 0.5) is 14.9 Å². The SMILES string of the molecule is NC(=O)NN=Cc1cn(CC(=O)Nc2ccc(F)cc2)c2ccccc12. The van der Waals surface area contributed by atoms with E-state index in [1.807, 2.05) is 24.3 Å². The van der Waals surface area contributed by atoms with Crippen LogP contribution < -0.4 is 16.5 Å². The van der Waals surface area contributed by atoms with E-state index in [4.69, 9.17) is 5.73 Å². The van der Waals surface area contributed by atoms with Crippen LogP contribution in [-0.4, -0.2) is 22.7 Å². The predicted molar refractivity (Wildman–Crippen MR) is 97.3 cm³/mol. The van der Waals surface area contributed by atoms with E-state index in [-0.39, 0.29) is 18.3 Å². The zero-order chi connectivity index (χ0) is 18.5. The Kier molecular flexibility index (Phi) is 4.93. The quantitative estimate of drug-likeness (QED) is 0.484. The number of carbonyl (C=O) groups is 2. The third-order valence-electron chi connectivity index (χ3n) is 3.64. The summed E-state index contributed by atoms with van der Waals surface area (Å²) < 4.78 is 14.7. The molecule has 0 atom stereocenters. The van der Waals surface area contributed by atoms with Gasteiger partial charge in [0.15, 0.2) is 0 Å². The minimum Gasteiger partial charge on any atom is -0.350 e. The standard InChI is InChI=1S/C18H16FN5O2/c19-13-5-7-14(8-6-13)22-17(25)11-24-10-12(9-21-23-18(20)26)15-3-1-2-4-16(15)24/h1-10H,11H2,(H,22,25)(H3,20,23,26). The van der Waals surface area contributed by atoms with Gasteiger partial charge in [-0.15, -0.1) is 0 Å². The van der Waals surface area contributed by atoms with Crippen LogP contribution in [-0.2, 0) is 11.3 Å². The number of urea groups is 1. The topological polar surface area (TPSA) is 102 Å². The molecule has 26 heavy (non-hydrogen) atoms. The van der Waals surface area contributed by atoms with E-state index in [2.05, 4.69) is 15.8 Å². The van der Waals surface area contributed by atoms with Gasteiger partial charge in [0, 0.05) is 28.4 Å². The van der Waals surface area contributed by atoms with Crippen molar-refractivity contribution in [3.63, 3.8) is 0 Å². The first-order valence-corrected chi connectivity index (χ1v) is 7.75. The summed E-state index contributed by atoms with van der Waals surface area (Å²) in [5, 5.41) is 7.35. The third-order valence-corrected chi connectivity index (χ3v) is 3.64. The normalized spacial score (nSPS) is 11.0. The molecule has 1 aromatic heterocycles. The first kappa shape index (κ1) is 17.2. The Balaban J connectivity index is 1.80.